The predicted molar refractivity (Wildman–Crippen MR) is 58.1 cm³/mol. The first-order valence-electron chi connectivity index (χ1n) is 4.85. The zero-order chi connectivity index (χ0) is 10.8. The van der Waals surface area contributed by atoms with Crippen molar-refractivity contribution in [2.45, 2.75) is 20.4 Å². The molecule has 0 atom stereocenters. The van der Waals surface area contributed by atoms with Crippen LogP contribution >= 0.6 is 0 Å². The second kappa shape index (κ2) is 3.68. The average molecular weight is 203 g/mol. The standard InChI is InChI=1S/C10H13N5/c1-3-15-10(12-13-14-15)8-5-4-7(2)9(11)6-8/h4-6H,3,11H2,1-2H3. The number of nitrogens with two attached hydrogens (primary N) is 1. The number of hydrogen-bond donors (Lipinski definition) is 1. The maximum atomic E-state index is 5.84. The summed E-state index contributed by atoms with van der Waals surface area (Å²) in [5, 5.41) is 11.5. The van der Waals surface area contributed by atoms with E-state index in [2.05, 4.69) is 15.5 Å². The van der Waals surface area contributed by atoms with E-state index in [0.29, 0.717) is 0 Å². The van der Waals surface area contributed by atoms with Crippen LogP contribution in [0.5, 0.6) is 0 Å². The third-order valence-corrected chi connectivity index (χ3v) is 2.37. The topological polar surface area (TPSA) is 69.6 Å². The molecule has 0 aliphatic heterocycles. The van der Waals surface area contributed by atoms with Crippen molar-refractivity contribution in [1.82, 2.24) is 20.2 Å². The molecule has 0 saturated carbocycles. The van der Waals surface area contributed by atoms with Crippen molar-refractivity contribution in [3.8, 4) is 11.4 Å². The summed E-state index contributed by atoms with van der Waals surface area (Å²) in [7, 11) is 0. The molecule has 2 N–H and O–H groups in total. The van der Waals surface area contributed by atoms with Crippen LogP contribution in [0.3, 0.4) is 0 Å². The molecular weight excluding hydrogens is 190 g/mol. The van der Waals surface area contributed by atoms with Crippen LogP contribution in [0.1, 0.15) is 12.5 Å². The molecule has 0 unspecified atom stereocenters. The second-order valence-electron chi connectivity index (χ2n) is 3.39. The zero-order valence-electron chi connectivity index (χ0n) is 8.81. The van der Waals surface area contributed by atoms with Gasteiger partial charge in [-0.3, -0.25) is 0 Å². The van der Waals surface area contributed by atoms with Crippen LogP contribution in [0.15, 0.2) is 18.2 Å². The third kappa shape index (κ3) is 1.68. The number of rotatable bonds is 2. The van der Waals surface area contributed by atoms with E-state index in [0.717, 1.165) is 29.2 Å². The Morgan fingerprint density at radius 3 is 2.87 bits per heavy atom. The zero-order valence-corrected chi connectivity index (χ0v) is 8.81. The molecule has 78 valence electrons. The van der Waals surface area contributed by atoms with E-state index in [-0.39, 0.29) is 0 Å². The first-order chi connectivity index (χ1) is 7.22. The highest BCUT2D eigenvalue weighted by atomic mass is 15.5. The minimum atomic E-state index is 0.746. The Bertz CT molecular complexity index is 474. The van der Waals surface area contributed by atoms with E-state index in [1.807, 2.05) is 32.0 Å². The lowest BCUT2D eigenvalue weighted by atomic mass is 10.1. The minimum absolute atomic E-state index is 0.746. The fourth-order valence-corrected chi connectivity index (χ4v) is 1.40. The van der Waals surface area contributed by atoms with Crippen molar-refractivity contribution in [2.75, 3.05) is 5.73 Å². The van der Waals surface area contributed by atoms with Crippen LogP contribution in [-0.2, 0) is 6.54 Å². The van der Waals surface area contributed by atoms with Gasteiger partial charge in [0.25, 0.3) is 0 Å². The van der Waals surface area contributed by atoms with Crippen LogP contribution < -0.4 is 5.73 Å². The molecule has 0 aliphatic carbocycles. The molecule has 0 amide bonds. The minimum Gasteiger partial charge on any atom is -0.398 e. The van der Waals surface area contributed by atoms with Crippen LogP contribution in [0.4, 0.5) is 5.69 Å². The lowest BCUT2D eigenvalue weighted by Gasteiger charge is -2.04. The smallest absolute Gasteiger partial charge is 0.182 e. The molecule has 0 aliphatic rings. The van der Waals surface area contributed by atoms with Gasteiger partial charge in [-0.1, -0.05) is 12.1 Å². The molecule has 5 nitrogen and oxygen atoms in total. The maximum absolute atomic E-state index is 5.84. The van der Waals surface area contributed by atoms with Gasteiger partial charge < -0.3 is 5.73 Å². The second-order valence-corrected chi connectivity index (χ2v) is 3.39. The molecular formula is C10H13N5. The first kappa shape index (κ1) is 9.64. The van der Waals surface area contributed by atoms with Gasteiger partial charge in [-0.2, -0.15) is 0 Å². The number of hydrogen-bond acceptors (Lipinski definition) is 4. The highest BCUT2D eigenvalue weighted by Crippen LogP contribution is 2.21. The van der Waals surface area contributed by atoms with E-state index >= 15 is 0 Å². The average Bonchev–Trinajstić information content (AvgIpc) is 2.70. The summed E-state index contributed by atoms with van der Waals surface area (Å²) < 4.78 is 1.74. The highest BCUT2D eigenvalue weighted by molar-refractivity contribution is 5.63. The number of tetrazole rings is 1. The van der Waals surface area contributed by atoms with Crippen LogP contribution in [-0.4, -0.2) is 20.2 Å². The largest absolute Gasteiger partial charge is 0.398 e. The van der Waals surface area contributed by atoms with Gasteiger partial charge in [-0.25, -0.2) is 4.68 Å². The van der Waals surface area contributed by atoms with Crippen molar-refractivity contribution in [3.63, 3.8) is 0 Å². The molecule has 0 radical (unpaired) electrons. The number of nitrogen functional groups attached to an aromatic ring is 1. The molecule has 1 aromatic heterocycles. The molecule has 1 aromatic carbocycles. The molecule has 0 bridgehead atoms. The number of aromatic nitrogens is 4. The van der Waals surface area contributed by atoms with Crippen LogP contribution in [0, 0.1) is 6.92 Å². The van der Waals surface area contributed by atoms with E-state index in [9.17, 15) is 0 Å². The maximum Gasteiger partial charge on any atom is 0.182 e. The monoisotopic (exact) mass is 203 g/mol. The Labute approximate surface area is 87.9 Å². The summed E-state index contributed by atoms with van der Waals surface area (Å²) in [6.07, 6.45) is 0. The summed E-state index contributed by atoms with van der Waals surface area (Å²) in [5.74, 6) is 0.754. The van der Waals surface area contributed by atoms with Gasteiger partial charge in [0.2, 0.25) is 0 Å². The first-order valence-corrected chi connectivity index (χ1v) is 4.85. The number of nitrogens with zero attached hydrogens (tertiary/aromatic N) is 4. The number of benzene rings is 1. The molecule has 2 rings (SSSR count). The van der Waals surface area contributed by atoms with Gasteiger partial charge in [0.1, 0.15) is 0 Å². The normalized spacial score (nSPS) is 10.5. The number of aryl methyl sites for hydroxylation is 2. The van der Waals surface area contributed by atoms with Crippen LogP contribution in [0.25, 0.3) is 11.4 Å². The molecule has 0 fully saturated rings. The summed E-state index contributed by atoms with van der Waals surface area (Å²) in [6, 6.07) is 5.84. The predicted octanol–water partition coefficient (Wildman–Crippen LogP) is 1.25. The highest BCUT2D eigenvalue weighted by Gasteiger charge is 2.07. The van der Waals surface area contributed by atoms with Crippen LogP contribution in [0.2, 0.25) is 0 Å². The van der Waals surface area contributed by atoms with E-state index < -0.39 is 0 Å². The van der Waals surface area contributed by atoms with Crippen molar-refractivity contribution in [3.05, 3.63) is 23.8 Å². The van der Waals surface area contributed by atoms with Gasteiger partial charge in [0.15, 0.2) is 5.82 Å². The fraction of sp³-hybridized carbons (Fsp3) is 0.300. The van der Waals surface area contributed by atoms with Crippen molar-refractivity contribution in [1.29, 1.82) is 0 Å². The Morgan fingerprint density at radius 2 is 2.20 bits per heavy atom. The molecule has 15 heavy (non-hydrogen) atoms. The fourth-order valence-electron chi connectivity index (χ4n) is 1.40. The lowest BCUT2D eigenvalue weighted by Crippen LogP contribution is -2.00. The Balaban J connectivity index is 2.50. The Morgan fingerprint density at radius 1 is 1.40 bits per heavy atom. The molecule has 5 heteroatoms. The van der Waals surface area contributed by atoms with E-state index in [4.69, 9.17) is 5.73 Å². The summed E-state index contributed by atoms with van der Waals surface area (Å²) in [6.45, 7) is 4.72. The molecule has 2 aromatic rings. The summed E-state index contributed by atoms with van der Waals surface area (Å²) >= 11 is 0. The third-order valence-electron chi connectivity index (χ3n) is 2.37. The van der Waals surface area contributed by atoms with E-state index in [1.54, 1.807) is 4.68 Å². The molecule has 0 spiro atoms. The van der Waals surface area contributed by atoms with Gasteiger partial charge in [-0.05, 0) is 35.9 Å². The van der Waals surface area contributed by atoms with Crippen molar-refractivity contribution in [2.24, 2.45) is 0 Å². The van der Waals surface area contributed by atoms with Crippen molar-refractivity contribution >= 4 is 5.69 Å². The van der Waals surface area contributed by atoms with Gasteiger partial charge in [-0.15, -0.1) is 5.10 Å². The summed E-state index contributed by atoms with van der Waals surface area (Å²) in [5.41, 5.74) is 8.62. The molecule has 0 saturated heterocycles. The summed E-state index contributed by atoms with van der Waals surface area (Å²) in [4.78, 5) is 0. The van der Waals surface area contributed by atoms with Gasteiger partial charge >= 0.3 is 0 Å². The van der Waals surface area contributed by atoms with Gasteiger partial charge in [0.05, 0.1) is 0 Å². The SMILES string of the molecule is CCn1nnnc1-c1ccc(C)c(N)c1. The van der Waals surface area contributed by atoms with Crippen molar-refractivity contribution < 1.29 is 0 Å². The lowest BCUT2D eigenvalue weighted by molar-refractivity contribution is 0.631. The van der Waals surface area contributed by atoms with E-state index in [1.165, 1.54) is 0 Å². The van der Waals surface area contributed by atoms with Gasteiger partial charge in [0, 0.05) is 17.8 Å². The Kier molecular flexibility index (Phi) is 2.37. The number of anilines is 1. The molecule has 1 heterocycles. The Hall–Kier alpha value is -1.91. The quantitative estimate of drug-likeness (QED) is 0.746.